The highest BCUT2D eigenvalue weighted by Crippen LogP contribution is 2.24. The number of hydrogen-bond acceptors (Lipinski definition) is 2. The lowest BCUT2D eigenvalue weighted by Gasteiger charge is -2.14. The van der Waals surface area contributed by atoms with E-state index >= 15 is 0 Å². The highest BCUT2D eigenvalue weighted by molar-refractivity contribution is 7.85. The minimum absolute atomic E-state index is 0.112. The fraction of sp³-hybridized carbons (Fsp3) is 0.727. The van der Waals surface area contributed by atoms with Crippen molar-refractivity contribution in [3.05, 3.63) is 29.3 Å². The topological polar surface area (TPSA) is 54.4 Å². The second-order valence-electron chi connectivity index (χ2n) is 8.36. The second-order valence-corrected chi connectivity index (χ2v) is 9.75. The molecule has 0 saturated carbocycles. The smallest absolute Gasteiger partial charge is 0.282 e. The number of unbranched alkanes of at least 4 members (excludes halogenated alkanes) is 4. The van der Waals surface area contributed by atoms with Crippen molar-refractivity contribution in [2.24, 2.45) is 11.8 Å². The Morgan fingerprint density at radius 3 is 1.85 bits per heavy atom. The molecule has 26 heavy (non-hydrogen) atoms. The molecule has 4 heteroatoms. The standard InChI is InChI=1S/C22H38O3S/c1-18(2)12-7-5-9-14-20-15-11-17-22(26(23,24)25)21(20)16-10-6-8-13-19(3)4/h11,15,17-19H,5-10,12-14,16H2,1-4H3,(H,23,24,25). The molecule has 0 saturated heterocycles. The van der Waals surface area contributed by atoms with Crippen molar-refractivity contribution >= 4 is 10.1 Å². The van der Waals surface area contributed by atoms with Crippen molar-refractivity contribution in [3.63, 3.8) is 0 Å². The average molecular weight is 383 g/mol. The first kappa shape index (κ1) is 23.2. The third-order valence-electron chi connectivity index (χ3n) is 4.94. The van der Waals surface area contributed by atoms with Crippen LogP contribution in [0.25, 0.3) is 0 Å². The van der Waals surface area contributed by atoms with Gasteiger partial charge in [0.2, 0.25) is 0 Å². The van der Waals surface area contributed by atoms with Crippen molar-refractivity contribution in [1.82, 2.24) is 0 Å². The van der Waals surface area contributed by atoms with Gasteiger partial charge in [-0.1, -0.05) is 78.4 Å². The molecule has 150 valence electrons. The van der Waals surface area contributed by atoms with E-state index in [1.807, 2.05) is 6.07 Å². The lowest BCUT2D eigenvalue weighted by molar-refractivity contribution is 0.481. The van der Waals surface area contributed by atoms with Crippen LogP contribution in [-0.4, -0.2) is 13.0 Å². The van der Waals surface area contributed by atoms with E-state index in [0.717, 1.165) is 49.1 Å². The van der Waals surface area contributed by atoms with Crippen LogP contribution in [0.2, 0.25) is 0 Å². The summed E-state index contributed by atoms with van der Waals surface area (Å²) < 4.78 is 33.2. The van der Waals surface area contributed by atoms with Gasteiger partial charge in [0.05, 0.1) is 4.90 Å². The number of rotatable bonds is 13. The Morgan fingerprint density at radius 2 is 1.35 bits per heavy atom. The number of hydrogen-bond donors (Lipinski definition) is 1. The fourth-order valence-corrected chi connectivity index (χ4v) is 4.24. The molecule has 0 heterocycles. The molecular weight excluding hydrogens is 344 g/mol. The van der Waals surface area contributed by atoms with Crippen molar-refractivity contribution in [3.8, 4) is 0 Å². The highest BCUT2D eigenvalue weighted by Gasteiger charge is 2.17. The van der Waals surface area contributed by atoms with Gasteiger partial charge in [0.1, 0.15) is 0 Å². The van der Waals surface area contributed by atoms with Gasteiger partial charge in [-0.05, 0) is 54.7 Å². The quantitative estimate of drug-likeness (QED) is 0.315. The molecule has 0 atom stereocenters. The molecule has 1 rings (SSSR count). The maximum absolute atomic E-state index is 11.8. The van der Waals surface area contributed by atoms with Gasteiger partial charge >= 0.3 is 0 Å². The van der Waals surface area contributed by atoms with E-state index < -0.39 is 10.1 Å². The Balaban J connectivity index is 2.72. The largest absolute Gasteiger partial charge is 0.294 e. The van der Waals surface area contributed by atoms with Gasteiger partial charge in [-0.3, -0.25) is 4.55 Å². The van der Waals surface area contributed by atoms with Crippen LogP contribution in [0.3, 0.4) is 0 Å². The summed E-state index contributed by atoms with van der Waals surface area (Å²) in [6.07, 6.45) is 10.8. The molecule has 0 bridgehead atoms. The summed E-state index contributed by atoms with van der Waals surface area (Å²) in [5.74, 6) is 1.45. The second kappa shape index (κ2) is 11.8. The molecule has 0 spiro atoms. The van der Waals surface area contributed by atoms with Crippen LogP contribution in [0.15, 0.2) is 23.1 Å². The SMILES string of the molecule is CC(C)CCCCCc1cccc(S(=O)(=O)O)c1CCCCCC(C)C. The molecule has 0 unspecified atom stereocenters. The van der Waals surface area contributed by atoms with E-state index in [1.165, 1.54) is 32.1 Å². The van der Waals surface area contributed by atoms with Crippen LogP contribution in [0.4, 0.5) is 0 Å². The van der Waals surface area contributed by atoms with Crippen molar-refractivity contribution < 1.29 is 13.0 Å². The van der Waals surface area contributed by atoms with Crippen molar-refractivity contribution in [2.45, 2.75) is 96.8 Å². The minimum atomic E-state index is -4.16. The number of benzene rings is 1. The molecule has 0 aromatic heterocycles. The zero-order valence-corrected chi connectivity index (χ0v) is 17.9. The van der Waals surface area contributed by atoms with E-state index in [9.17, 15) is 13.0 Å². The summed E-state index contributed by atoms with van der Waals surface area (Å²) in [6, 6.07) is 5.33. The first-order chi connectivity index (χ1) is 12.2. The Hall–Kier alpha value is -0.870. The van der Waals surface area contributed by atoms with Crippen molar-refractivity contribution in [2.75, 3.05) is 0 Å². The number of aryl methyl sites for hydroxylation is 1. The Morgan fingerprint density at radius 1 is 0.808 bits per heavy atom. The maximum atomic E-state index is 11.8. The molecule has 3 nitrogen and oxygen atoms in total. The Bertz CT molecular complexity index is 618. The van der Waals surface area contributed by atoms with Crippen LogP contribution in [0, 0.1) is 11.8 Å². The molecule has 0 amide bonds. The summed E-state index contributed by atoms with van der Waals surface area (Å²) in [5, 5.41) is 0. The van der Waals surface area contributed by atoms with Gasteiger partial charge < -0.3 is 0 Å². The minimum Gasteiger partial charge on any atom is -0.282 e. The van der Waals surface area contributed by atoms with Gasteiger partial charge in [0, 0.05) is 0 Å². The maximum Gasteiger partial charge on any atom is 0.294 e. The van der Waals surface area contributed by atoms with Crippen LogP contribution >= 0.6 is 0 Å². The lowest BCUT2D eigenvalue weighted by Crippen LogP contribution is -2.07. The van der Waals surface area contributed by atoms with E-state index in [0.29, 0.717) is 5.92 Å². The highest BCUT2D eigenvalue weighted by atomic mass is 32.2. The van der Waals surface area contributed by atoms with Gasteiger partial charge in [0.15, 0.2) is 0 Å². The van der Waals surface area contributed by atoms with Crippen molar-refractivity contribution in [1.29, 1.82) is 0 Å². The molecule has 0 aliphatic carbocycles. The monoisotopic (exact) mass is 382 g/mol. The Kier molecular flexibility index (Phi) is 10.5. The van der Waals surface area contributed by atoms with E-state index in [4.69, 9.17) is 0 Å². The molecule has 1 aromatic rings. The predicted molar refractivity (Wildman–Crippen MR) is 110 cm³/mol. The molecule has 1 N–H and O–H groups in total. The normalized spacial score (nSPS) is 12.3. The first-order valence-electron chi connectivity index (χ1n) is 10.3. The van der Waals surface area contributed by atoms with E-state index in [-0.39, 0.29) is 4.90 Å². The molecule has 0 radical (unpaired) electrons. The zero-order valence-electron chi connectivity index (χ0n) is 17.1. The van der Waals surface area contributed by atoms with Crippen LogP contribution < -0.4 is 0 Å². The molecule has 0 fully saturated rings. The Labute approximate surface area is 161 Å². The predicted octanol–water partition coefficient (Wildman–Crippen LogP) is 6.45. The molecular formula is C22H38O3S. The van der Waals surface area contributed by atoms with Crippen LogP contribution in [0.5, 0.6) is 0 Å². The summed E-state index contributed by atoms with van der Waals surface area (Å²) >= 11 is 0. The zero-order chi connectivity index (χ0) is 19.6. The molecule has 0 aliphatic heterocycles. The molecule has 0 aliphatic rings. The van der Waals surface area contributed by atoms with E-state index in [2.05, 4.69) is 27.7 Å². The first-order valence-corrected chi connectivity index (χ1v) is 11.7. The molecule has 1 aromatic carbocycles. The fourth-order valence-electron chi connectivity index (χ4n) is 3.45. The van der Waals surface area contributed by atoms with Crippen LogP contribution in [-0.2, 0) is 23.0 Å². The third-order valence-corrected chi connectivity index (χ3v) is 5.88. The van der Waals surface area contributed by atoms with Gasteiger partial charge in [-0.2, -0.15) is 8.42 Å². The summed E-state index contributed by atoms with van der Waals surface area (Å²) in [6.45, 7) is 8.94. The lowest BCUT2D eigenvalue weighted by atomic mass is 9.95. The summed E-state index contributed by atoms with van der Waals surface area (Å²) in [5.41, 5.74) is 1.93. The van der Waals surface area contributed by atoms with Crippen LogP contribution in [0.1, 0.15) is 90.2 Å². The van der Waals surface area contributed by atoms with Gasteiger partial charge in [-0.15, -0.1) is 0 Å². The van der Waals surface area contributed by atoms with Gasteiger partial charge in [-0.25, -0.2) is 0 Å². The average Bonchev–Trinajstić information content (AvgIpc) is 2.53. The van der Waals surface area contributed by atoms with E-state index in [1.54, 1.807) is 12.1 Å². The summed E-state index contributed by atoms with van der Waals surface area (Å²) in [4.78, 5) is 0.112. The summed E-state index contributed by atoms with van der Waals surface area (Å²) in [7, 11) is -4.16. The third kappa shape index (κ3) is 9.18. The van der Waals surface area contributed by atoms with Gasteiger partial charge in [0.25, 0.3) is 10.1 Å².